The first kappa shape index (κ1) is 16.1. The molecule has 1 saturated heterocycles. The van der Waals surface area contributed by atoms with E-state index in [0.717, 1.165) is 42.2 Å². The van der Waals surface area contributed by atoms with Gasteiger partial charge >= 0.3 is 0 Å². The highest BCUT2D eigenvalue weighted by Crippen LogP contribution is 2.30. The van der Waals surface area contributed by atoms with Crippen LogP contribution in [0.2, 0.25) is 0 Å². The molecule has 0 aromatic carbocycles. The first-order valence-corrected chi connectivity index (χ1v) is 8.83. The number of likely N-dealkylation sites (tertiary alicyclic amines) is 1. The molecule has 6 heteroatoms. The van der Waals surface area contributed by atoms with Gasteiger partial charge in [0, 0.05) is 25.4 Å². The number of nitrogens with zero attached hydrogens (tertiary/aromatic N) is 3. The molecule has 1 N–H and O–H groups in total. The maximum absolute atomic E-state index is 12.9. The van der Waals surface area contributed by atoms with Crippen molar-refractivity contribution in [2.24, 2.45) is 0 Å². The van der Waals surface area contributed by atoms with E-state index < -0.39 is 0 Å². The Labute approximate surface area is 140 Å². The molecule has 3 rings (SSSR count). The average Bonchev–Trinajstić information content (AvgIpc) is 2.98. The van der Waals surface area contributed by atoms with Crippen LogP contribution in [-0.4, -0.2) is 45.1 Å². The molecular weight excluding hydrogens is 310 g/mol. The van der Waals surface area contributed by atoms with Gasteiger partial charge in [0.2, 0.25) is 0 Å². The number of carbonyl (C=O) groups is 1. The molecule has 1 unspecified atom stereocenters. The predicted molar refractivity (Wildman–Crippen MR) is 90.5 cm³/mol. The summed E-state index contributed by atoms with van der Waals surface area (Å²) in [5.41, 5.74) is 1.55. The van der Waals surface area contributed by atoms with Crippen LogP contribution in [0.3, 0.4) is 0 Å². The number of aliphatic hydroxyl groups is 1. The van der Waals surface area contributed by atoms with E-state index in [-0.39, 0.29) is 18.6 Å². The lowest BCUT2D eigenvalue weighted by atomic mass is 9.99. The number of aryl methyl sites for hydroxylation is 1. The Morgan fingerprint density at radius 2 is 2.30 bits per heavy atom. The molecule has 122 valence electrons. The second kappa shape index (κ2) is 7.19. The fourth-order valence-electron chi connectivity index (χ4n) is 3.04. The summed E-state index contributed by atoms with van der Waals surface area (Å²) in [6, 6.07) is 5.83. The zero-order valence-corrected chi connectivity index (χ0v) is 14.1. The SMILES string of the molecule is Cc1nc(-c2ccccn2)sc1C(=O)N1CCCCC1CCO. The number of carbonyl (C=O) groups excluding carboxylic acids is 1. The summed E-state index contributed by atoms with van der Waals surface area (Å²) < 4.78 is 0. The van der Waals surface area contributed by atoms with Crippen LogP contribution in [0.4, 0.5) is 0 Å². The Morgan fingerprint density at radius 3 is 3.04 bits per heavy atom. The molecule has 0 spiro atoms. The molecule has 23 heavy (non-hydrogen) atoms. The summed E-state index contributed by atoms with van der Waals surface area (Å²) in [5.74, 6) is 0.0420. The molecule has 2 aromatic heterocycles. The fraction of sp³-hybridized carbons (Fsp3) is 0.471. The second-order valence-corrected chi connectivity index (χ2v) is 6.81. The standard InChI is InChI=1S/C17H21N3O2S/c1-12-15(23-16(19-12)14-7-2-4-9-18-14)17(22)20-10-5-3-6-13(20)8-11-21/h2,4,7,9,13,21H,3,5-6,8,10-11H2,1H3. The Bertz CT molecular complexity index is 670. The van der Waals surface area contributed by atoms with Crippen LogP contribution < -0.4 is 0 Å². The van der Waals surface area contributed by atoms with Gasteiger partial charge in [-0.1, -0.05) is 6.07 Å². The molecule has 3 heterocycles. The van der Waals surface area contributed by atoms with Crippen LogP contribution in [0, 0.1) is 6.92 Å². The van der Waals surface area contributed by atoms with Crippen LogP contribution in [0.5, 0.6) is 0 Å². The summed E-state index contributed by atoms with van der Waals surface area (Å²) in [6.45, 7) is 2.76. The Kier molecular flexibility index (Phi) is 5.03. The van der Waals surface area contributed by atoms with Gasteiger partial charge in [0.1, 0.15) is 9.88 Å². The molecule has 5 nitrogen and oxygen atoms in total. The van der Waals surface area contributed by atoms with E-state index >= 15 is 0 Å². The number of amides is 1. The second-order valence-electron chi connectivity index (χ2n) is 5.81. The van der Waals surface area contributed by atoms with Crippen LogP contribution >= 0.6 is 11.3 Å². The molecule has 1 atom stereocenters. The monoisotopic (exact) mass is 331 g/mol. The van der Waals surface area contributed by atoms with Crippen LogP contribution in [-0.2, 0) is 0 Å². The summed E-state index contributed by atoms with van der Waals surface area (Å²) in [6.07, 6.45) is 5.50. The van der Waals surface area contributed by atoms with Crippen LogP contribution in [0.15, 0.2) is 24.4 Å². The van der Waals surface area contributed by atoms with E-state index in [1.54, 1.807) is 6.20 Å². The van der Waals surface area contributed by atoms with Crippen LogP contribution in [0.25, 0.3) is 10.7 Å². The van der Waals surface area contributed by atoms with Crippen molar-refractivity contribution < 1.29 is 9.90 Å². The van der Waals surface area contributed by atoms with Crippen molar-refractivity contribution in [1.29, 1.82) is 0 Å². The van der Waals surface area contributed by atoms with E-state index in [2.05, 4.69) is 9.97 Å². The minimum absolute atomic E-state index is 0.0420. The summed E-state index contributed by atoms with van der Waals surface area (Å²) in [7, 11) is 0. The van der Waals surface area contributed by atoms with Crippen LogP contribution in [0.1, 0.15) is 41.0 Å². The van der Waals surface area contributed by atoms with Gasteiger partial charge in [0.05, 0.1) is 11.4 Å². The largest absolute Gasteiger partial charge is 0.396 e. The van der Waals surface area contributed by atoms with Gasteiger partial charge in [-0.2, -0.15) is 0 Å². The molecule has 1 aliphatic heterocycles. The number of thiazole rings is 1. The molecule has 1 amide bonds. The quantitative estimate of drug-likeness (QED) is 0.935. The minimum Gasteiger partial charge on any atom is -0.396 e. The van der Waals surface area contributed by atoms with Gasteiger partial charge in [-0.15, -0.1) is 11.3 Å². The van der Waals surface area contributed by atoms with Gasteiger partial charge in [-0.3, -0.25) is 9.78 Å². The lowest BCUT2D eigenvalue weighted by molar-refractivity contribution is 0.0578. The van der Waals surface area contributed by atoms with Crippen molar-refractivity contribution in [2.75, 3.05) is 13.2 Å². The summed E-state index contributed by atoms with van der Waals surface area (Å²) in [4.78, 5) is 24.4. The van der Waals surface area contributed by atoms with Gasteiger partial charge < -0.3 is 10.0 Å². The third kappa shape index (κ3) is 3.43. The highest BCUT2D eigenvalue weighted by atomic mass is 32.1. The molecule has 0 aliphatic carbocycles. The number of pyridine rings is 1. The molecule has 0 saturated carbocycles. The third-order valence-electron chi connectivity index (χ3n) is 4.23. The molecule has 2 aromatic rings. The molecule has 0 bridgehead atoms. The van der Waals surface area contributed by atoms with E-state index in [1.165, 1.54) is 11.3 Å². The Morgan fingerprint density at radius 1 is 1.43 bits per heavy atom. The average molecular weight is 331 g/mol. The first-order chi connectivity index (χ1) is 11.2. The smallest absolute Gasteiger partial charge is 0.266 e. The van der Waals surface area contributed by atoms with Gasteiger partial charge in [0.25, 0.3) is 5.91 Å². The van der Waals surface area contributed by atoms with Crippen molar-refractivity contribution in [1.82, 2.24) is 14.9 Å². The molecule has 0 radical (unpaired) electrons. The van der Waals surface area contributed by atoms with Crippen molar-refractivity contribution in [3.8, 4) is 10.7 Å². The molecule has 1 fully saturated rings. The van der Waals surface area contributed by atoms with Crippen molar-refractivity contribution in [3.05, 3.63) is 35.0 Å². The Hall–Kier alpha value is -1.79. The Balaban J connectivity index is 1.86. The maximum Gasteiger partial charge on any atom is 0.266 e. The third-order valence-corrected chi connectivity index (χ3v) is 5.39. The molecular formula is C17H21N3O2S. The number of aliphatic hydroxyl groups excluding tert-OH is 1. The number of piperidine rings is 1. The number of rotatable bonds is 4. The summed E-state index contributed by atoms with van der Waals surface area (Å²) >= 11 is 1.41. The summed E-state index contributed by atoms with van der Waals surface area (Å²) in [5, 5.41) is 10.0. The van der Waals surface area contributed by atoms with E-state index in [4.69, 9.17) is 0 Å². The topological polar surface area (TPSA) is 66.3 Å². The fourth-order valence-corrected chi connectivity index (χ4v) is 4.04. The lowest BCUT2D eigenvalue weighted by Gasteiger charge is -2.35. The lowest BCUT2D eigenvalue weighted by Crippen LogP contribution is -2.44. The zero-order chi connectivity index (χ0) is 16.2. The molecule has 1 aliphatic rings. The van der Waals surface area contributed by atoms with E-state index in [1.807, 2.05) is 30.0 Å². The number of hydrogen-bond donors (Lipinski definition) is 1. The maximum atomic E-state index is 12.9. The van der Waals surface area contributed by atoms with Gasteiger partial charge in [-0.25, -0.2) is 4.98 Å². The van der Waals surface area contributed by atoms with Gasteiger partial charge in [-0.05, 0) is 44.7 Å². The van der Waals surface area contributed by atoms with Crippen molar-refractivity contribution in [3.63, 3.8) is 0 Å². The number of hydrogen-bond acceptors (Lipinski definition) is 5. The highest BCUT2D eigenvalue weighted by molar-refractivity contribution is 7.17. The normalized spacial score (nSPS) is 18.2. The number of aromatic nitrogens is 2. The predicted octanol–water partition coefficient (Wildman–Crippen LogP) is 2.89. The highest BCUT2D eigenvalue weighted by Gasteiger charge is 2.29. The first-order valence-electron chi connectivity index (χ1n) is 8.01. The van der Waals surface area contributed by atoms with Crippen molar-refractivity contribution in [2.45, 2.75) is 38.6 Å². The van der Waals surface area contributed by atoms with Crippen molar-refractivity contribution >= 4 is 17.2 Å². The van der Waals surface area contributed by atoms with Gasteiger partial charge in [0.15, 0.2) is 0 Å². The van der Waals surface area contributed by atoms with E-state index in [0.29, 0.717) is 11.3 Å². The zero-order valence-electron chi connectivity index (χ0n) is 13.2. The minimum atomic E-state index is 0.0420. The van der Waals surface area contributed by atoms with E-state index in [9.17, 15) is 9.90 Å².